The van der Waals surface area contributed by atoms with Crippen LogP contribution in [0.15, 0.2) is 53.6 Å². The SMILES string of the molecule is COCCCNC(=O)C(=O)N/N=C\c1ccccc1OCC(=O)Nc1cccc(C)c1. The van der Waals surface area contributed by atoms with Gasteiger partial charge in [0.2, 0.25) is 0 Å². The fourth-order valence-electron chi connectivity index (χ4n) is 2.49. The summed E-state index contributed by atoms with van der Waals surface area (Å²) in [5.74, 6) is -1.57. The van der Waals surface area contributed by atoms with Crippen molar-refractivity contribution in [2.75, 3.05) is 32.2 Å². The Labute approximate surface area is 180 Å². The van der Waals surface area contributed by atoms with Crippen LogP contribution in [0.2, 0.25) is 0 Å². The number of aryl methyl sites for hydroxylation is 1. The third-order valence-electron chi connectivity index (χ3n) is 3.97. The minimum absolute atomic E-state index is 0.199. The number of ether oxygens (including phenoxy) is 2. The van der Waals surface area contributed by atoms with Crippen molar-refractivity contribution in [3.63, 3.8) is 0 Å². The summed E-state index contributed by atoms with van der Waals surface area (Å²) in [5.41, 5.74) is 4.41. The molecule has 0 unspecified atom stereocenters. The van der Waals surface area contributed by atoms with E-state index in [1.54, 1.807) is 37.4 Å². The van der Waals surface area contributed by atoms with Crippen molar-refractivity contribution in [2.24, 2.45) is 5.10 Å². The van der Waals surface area contributed by atoms with E-state index >= 15 is 0 Å². The van der Waals surface area contributed by atoms with Crippen LogP contribution in [0.5, 0.6) is 5.75 Å². The van der Waals surface area contributed by atoms with E-state index in [9.17, 15) is 14.4 Å². The van der Waals surface area contributed by atoms with Crippen LogP contribution in [-0.2, 0) is 19.1 Å². The maximum absolute atomic E-state index is 12.1. The highest BCUT2D eigenvalue weighted by molar-refractivity contribution is 6.35. The van der Waals surface area contributed by atoms with Crippen LogP contribution in [0, 0.1) is 6.92 Å². The second-order valence-corrected chi connectivity index (χ2v) is 6.55. The zero-order chi connectivity index (χ0) is 22.5. The number of nitrogens with zero attached hydrogens (tertiary/aromatic N) is 1. The molecule has 0 bridgehead atoms. The number of anilines is 1. The van der Waals surface area contributed by atoms with Gasteiger partial charge in [0.05, 0.1) is 6.21 Å². The minimum Gasteiger partial charge on any atom is -0.483 e. The lowest BCUT2D eigenvalue weighted by molar-refractivity contribution is -0.139. The van der Waals surface area contributed by atoms with Gasteiger partial charge in [-0.15, -0.1) is 0 Å². The molecule has 0 aliphatic heterocycles. The van der Waals surface area contributed by atoms with E-state index in [4.69, 9.17) is 9.47 Å². The molecule has 9 nitrogen and oxygen atoms in total. The summed E-state index contributed by atoms with van der Waals surface area (Å²) in [6.07, 6.45) is 1.94. The first-order chi connectivity index (χ1) is 15.0. The van der Waals surface area contributed by atoms with E-state index < -0.39 is 11.8 Å². The summed E-state index contributed by atoms with van der Waals surface area (Å²) in [6.45, 7) is 2.55. The molecule has 3 amide bonds. The predicted molar refractivity (Wildman–Crippen MR) is 117 cm³/mol. The zero-order valence-electron chi connectivity index (χ0n) is 17.5. The predicted octanol–water partition coefficient (Wildman–Crippen LogP) is 1.62. The van der Waals surface area contributed by atoms with Gasteiger partial charge in [-0.05, 0) is 43.2 Å². The van der Waals surface area contributed by atoms with Crippen molar-refractivity contribution in [3.05, 3.63) is 59.7 Å². The Hall–Kier alpha value is -3.72. The van der Waals surface area contributed by atoms with Crippen LogP contribution in [0.4, 0.5) is 5.69 Å². The summed E-state index contributed by atoms with van der Waals surface area (Å²) in [6, 6.07) is 14.3. The largest absolute Gasteiger partial charge is 0.483 e. The number of carbonyl (C=O) groups is 3. The Kier molecular flexibility index (Phi) is 9.70. The van der Waals surface area contributed by atoms with Crippen molar-refractivity contribution >= 4 is 29.6 Å². The number of amides is 3. The van der Waals surface area contributed by atoms with Gasteiger partial charge in [-0.3, -0.25) is 14.4 Å². The van der Waals surface area contributed by atoms with Gasteiger partial charge in [0.15, 0.2) is 6.61 Å². The molecule has 31 heavy (non-hydrogen) atoms. The number of nitrogens with one attached hydrogen (secondary N) is 3. The van der Waals surface area contributed by atoms with Crippen LogP contribution in [-0.4, -0.2) is 50.8 Å². The number of hydrazone groups is 1. The second-order valence-electron chi connectivity index (χ2n) is 6.55. The minimum atomic E-state index is -0.885. The van der Waals surface area contributed by atoms with E-state index in [0.29, 0.717) is 36.6 Å². The van der Waals surface area contributed by atoms with E-state index in [0.717, 1.165) is 5.56 Å². The molecular weight excluding hydrogens is 400 g/mol. The maximum Gasteiger partial charge on any atom is 0.329 e. The summed E-state index contributed by atoms with van der Waals surface area (Å²) in [7, 11) is 1.56. The van der Waals surface area contributed by atoms with Crippen molar-refractivity contribution < 1.29 is 23.9 Å². The van der Waals surface area contributed by atoms with E-state index in [1.807, 2.05) is 25.1 Å². The van der Waals surface area contributed by atoms with E-state index in [-0.39, 0.29) is 12.5 Å². The van der Waals surface area contributed by atoms with Gasteiger partial charge < -0.3 is 20.1 Å². The summed E-state index contributed by atoms with van der Waals surface area (Å²) < 4.78 is 10.4. The standard InChI is InChI=1S/C22H26N4O5/c1-16-7-5-9-18(13-16)25-20(27)15-31-19-10-4-3-8-17(19)14-24-26-22(29)21(28)23-11-6-12-30-2/h3-5,7-10,13-14H,6,11-12,15H2,1-2H3,(H,23,28)(H,25,27)(H,26,29)/b24-14-. The zero-order valence-corrected chi connectivity index (χ0v) is 17.5. The fourth-order valence-corrected chi connectivity index (χ4v) is 2.49. The summed E-state index contributed by atoms with van der Waals surface area (Å²) >= 11 is 0. The second kappa shape index (κ2) is 12.8. The van der Waals surface area contributed by atoms with Crippen LogP contribution in [0.25, 0.3) is 0 Å². The first-order valence-electron chi connectivity index (χ1n) is 9.68. The highest BCUT2D eigenvalue weighted by Gasteiger charge is 2.11. The van der Waals surface area contributed by atoms with Crippen molar-refractivity contribution in [3.8, 4) is 5.75 Å². The highest BCUT2D eigenvalue weighted by atomic mass is 16.5. The normalized spacial score (nSPS) is 10.5. The number of hydrogen-bond acceptors (Lipinski definition) is 6. The van der Waals surface area contributed by atoms with Gasteiger partial charge in [-0.25, -0.2) is 5.43 Å². The molecule has 0 saturated carbocycles. The maximum atomic E-state index is 12.1. The van der Waals surface area contributed by atoms with Gasteiger partial charge in [-0.1, -0.05) is 24.3 Å². The third-order valence-corrected chi connectivity index (χ3v) is 3.97. The van der Waals surface area contributed by atoms with Crippen LogP contribution in [0.3, 0.4) is 0 Å². The van der Waals surface area contributed by atoms with Crippen molar-refractivity contribution in [2.45, 2.75) is 13.3 Å². The summed E-state index contributed by atoms with van der Waals surface area (Å²) in [5, 5.41) is 9.00. The van der Waals surface area contributed by atoms with Gasteiger partial charge in [0.25, 0.3) is 5.91 Å². The monoisotopic (exact) mass is 426 g/mol. The molecule has 164 valence electrons. The summed E-state index contributed by atoms with van der Waals surface area (Å²) in [4.78, 5) is 35.5. The number of rotatable bonds is 10. The fraction of sp³-hybridized carbons (Fsp3) is 0.273. The first-order valence-corrected chi connectivity index (χ1v) is 9.68. The lowest BCUT2D eigenvalue weighted by atomic mass is 10.2. The quantitative estimate of drug-likeness (QED) is 0.231. The lowest BCUT2D eigenvalue weighted by Gasteiger charge is -2.10. The molecule has 0 radical (unpaired) electrons. The molecule has 2 aromatic carbocycles. The van der Waals surface area contributed by atoms with Gasteiger partial charge >= 0.3 is 11.8 Å². The molecule has 0 aliphatic rings. The molecule has 0 spiro atoms. The Bertz CT molecular complexity index is 930. The molecule has 0 heterocycles. The molecular formula is C22H26N4O5. The van der Waals surface area contributed by atoms with Gasteiger partial charge in [0.1, 0.15) is 5.75 Å². The molecule has 9 heteroatoms. The number of benzene rings is 2. The Morgan fingerprint density at radius 1 is 1.06 bits per heavy atom. The molecule has 0 saturated heterocycles. The molecule has 0 aromatic heterocycles. The Balaban J connectivity index is 1.84. The smallest absolute Gasteiger partial charge is 0.329 e. The number of para-hydroxylation sites is 1. The van der Waals surface area contributed by atoms with Gasteiger partial charge in [0, 0.05) is 31.5 Å². The van der Waals surface area contributed by atoms with Crippen LogP contribution >= 0.6 is 0 Å². The molecule has 0 aliphatic carbocycles. The number of methoxy groups -OCH3 is 1. The topological polar surface area (TPSA) is 118 Å². The van der Waals surface area contributed by atoms with Gasteiger partial charge in [-0.2, -0.15) is 5.10 Å². The molecule has 3 N–H and O–H groups in total. The molecule has 2 aromatic rings. The Morgan fingerprint density at radius 3 is 2.65 bits per heavy atom. The highest BCUT2D eigenvalue weighted by Crippen LogP contribution is 2.16. The van der Waals surface area contributed by atoms with E-state index in [2.05, 4.69) is 21.2 Å². The molecule has 0 atom stereocenters. The lowest BCUT2D eigenvalue weighted by Crippen LogP contribution is -2.38. The first kappa shape index (κ1) is 23.6. The average molecular weight is 426 g/mol. The van der Waals surface area contributed by atoms with E-state index in [1.165, 1.54) is 6.21 Å². The number of carbonyl (C=O) groups excluding carboxylic acids is 3. The van der Waals surface area contributed by atoms with Crippen molar-refractivity contribution in [1.29, 1.82) is 0 Å². The van der Waals surface area contributed by atoms with Crippen LogP contribution < -0.4 is 20.8 Å². The van der Waals surface area contributed by atoms with Crippen LogP contribution in [0.1, 0.15) is 17.5 Å². The Morgan fingerprint density at radius 2 is 1.87 bits per heavy atom. The number of hydrogen-bond donors (Lipinski definition) is 3. The molecule has 2 rings (SSSR count). The van der Waals surface area contributed by atoms with Crippen molar-refractivity contribution in [1.82, 2.24) is 10.7 Å². The third kappa shape index (κ3) is 8.67. The average Bonchev–Trinajstić information content (AvgIpc) is 2.76. The molecule has 0 fully saturated rings.